The summed E-state index contributed by atoms with van der Waals surface area (Å²) < 4.78 is 1.98. The van der Waals surface area contributed by atoms with E-state index in [0.29, 0.717) is 12.6 Å². The predicted molar refractivity (Wildman–Crippen MR) is 102 cm³/mol. The van der Waals surface area contributed by atoms with Gasteiger partial charge in [0, 0.05) is 42.8 Å². The smallest absolute Gasteiger partial charge is 0.0947 e. The fraction of sp³-hybridized carbons (Fsp3) is 0.500. The van der Waals surface area contributed by atoms with E-state index in [4.69, 9.17) is 17.3 Å². The molecule has 0 saturated heterocycles. The number of hydrogen-bond donors (Lipinski definition) is 2. The highest BCUT2D eigenvalue weighted by Crippen LogP contribution is 2.39. The van der Waals surface area contributed by atoms with E-state index < -0.39 is 0 Å². The summed E-state index contributed by atoms with van der Waals surface area (Å²) in [5.74, 6) is 0. The van der Waals surface area contributed by atoms with E-state index in [9.17, 15) is 0 Å². The maximum absolute atomic E-state index is 6.21. The van der Waals surface area contributed by atoms with Gasteiger partial charge in [0.1, 0.15) is 0 Å². The van der Waals surface area contributed by atoms with Crippen LogP contribution in [0.25, 0.3) is 0 Å². The van der Waals surface area contributed by atoms with Crippen molar-refractivity contribution in [2.75, 3.05) is 6.54 Å². The number of imidazole rings is 1. The molecule has 6 heteroatoms. The number of nitrogens with one attached hydrogen (secondary N) is 1. The molecule has 3 rings (SSSR count). The van der Waals surface area contributed by atoms with Gasteiger partial charge in [-0.3, -0.25) is 0 Å². The van der Waals surface area contributed by atoms with Gasteiger partial charge in [-0.2, -0.15) is 0 Å². The zero-order chi connectivity index (χ0) is 16.3. The maximum Gasteiger partial charge on any atom is 0.0947 e. The van der Waals surface area contributed by atoms with Crippen LogP contribution in [0.5, 0.6) is 0 Å². The van der Waals surface area contributed by atoms with Crippen molar-refractivity contribution in [2.45, 2.75) is 43.7 Å². The van der Waals surface area contributed by atoms with E-state index in [1.807, 2.05) is 30.1 Å². The summed E-state index contributed by atoms with van der Waals surface area (Å²) in [5.41, 5.74) is 8.60. The molecule has 1 fully saturated rings. The lowest BCUT2D eigenvalue weighted by atomic mass is 9.68. The topological polar surface area (TPSA) is 55.9 Å². The molecule has 24 heavy (non-hydrogen) atoms. The largest absolute Gasteiger partial charge is 0.340 e. The Hall–Kier alpha value is -1.07. The number of aryl methyl sites for hydroxylation is 1. The lowest BCUT2D eigenvalue weighted by Gasteiger charge is -2.41. The molecule has 1 aromatic carbocycles. The van der Waals surface area contributed by atoms with Gasteiger partial charge in [-0.25, -0.2) is 4.98 Å². The molecule has 0 aliphatic heterocycles. The van der Waals surface area contributed by atoms with Gasteiger partial charge >= 0.3 is 0 Å². The Bertz CT molecular complexity index is 658. The Labute approximate surface area is 155 Å². The number of nitrogens with two attached hydrogens (primary N) is 1. The molecule has 1 aromatic heterocycles. The highest BCUT2D eigenvalue weighted by Gasteiger charge is 2.36. The van der Waals surface area contributed by atoms with Crippen molar-refractivity contribution in [1.82, 2.24) is 14.9 Å². The third-order valence-corrected chi connectivity index (χ3v) is 5.24. The van der Waals surface area contributed by atoms with Crippen LogP contribution in [-0.2, 0) is 19.0 Å². The van der Waals surface area contributed by atoms with Crippen molar-refractivity contribution in [3.05, 3.63) is 53.1 Å². The van der Waals surface area contributed by atoms with Gasteiger partial charge in [-0.1, -0.05) is 30.2 Å². The van der Waals surface area contributed by atoms with Gasteiger partial charge in [-0.15, -0.1) is 12.4 Å². The van der Waals surface area contributed by atoms with E-state index in [2.05, 4.69) is 28.6 Å². The monoisotopic (exact) mass is 368 g/mol. The Balaban J connectivity index is 0.00000208. The van der Waals surface area contributed by atoms with E-state index in [1.54, 1.807) is 0 Å². The molecule has 3 N–H and O–H groups in total. The summed E-state index contributed by atoms with van der Waals surface area (Å²) in [6.45, 7) is 1.47. The molecular formula is C18H26Cl2N4. The Kier molecular flexibility index (Phi) is 6.70. The Morgan fingerprint density at radius 3 is 2.96 bits per heavy atom. The molecule has 1 aliphatic rings. The second-order valence-corrected chi connectivity index (χ2v) is 7.14. The summed E-state index contributed by atoms with van der Waals surface area (Å²) in [5, 5.41) is 4.45. The van der Waals surface area contributed by atoms with Gasteiger partial charge < -0.3 is 15.6 Å². The highest BCUT2D eigenvalue weighted by atomic mass is 35.5. The first-order chi connectivity index (χ1) is 11.1. The first-order valence-corrected chi connectivity index (χ1v) is 8.65. The molecule has 132 valence electrons. The van der Waals surface area contributed by atoms with E-state index in [-0.39, 0.29) is 17.8 Å². The maximum atomic E-state index is 6.21. The number of rotatable bonds is 5. The molecule has 4 nitrogen and oxygen atoms in total. The molecule has 0 spiro atoms. The van der Waals surface area contributed by atoms with Crippen molar-refractivity contribution in [1.29, 1.82) is 0 Å². The minimum Gasteiger partial charge on any atom is -0.340 e. The van der Waals surface area contributed by atoms with E-state index in [0.717, 1.165) is 30.1 Å². The lowest BCUT2D eigenvalue weighted by Crippen LogP contribution is -2.46. The highest BCUT2D eigenvalue weighted by molar-refractivity contribution is 6.30. The van der Waals surface area contributed by atoms with Crippen molar-refractivity contribution >= 4 is 24.0 Å². The lowest BCUT2D eigenvalue weighted by molar-refractivity contribution is 0.243. The van der Waals surface area contributed by atoms with Crippen molar-refractivity contribution < 1.29 is 0 Å². The Morgan fingerprint density at radius 2 is 2.29 bits per heavy atom. The summed E-state index contributed by atoms with van der Waals surface area (Å²) >= 11 is 6.20. The molecule has 1 saturated carbocycles. The first-order valence-electron chi connectivity index (χ1n) is 8.28. The van der Waals surface area contributed by atoms with Crippen LogP contribution in [0.2, 0.25) is 5.02 Å². The molecule has 1 aliphatic carbocycles. The normalized spacial score (nSPS) is 23.7. The van der Waals surface area contributed by atoms with E-state index in [1.165, 1.54) is 18.4 Å². The fourth-order valence-electron chi connectivity index (χ4n) is 3.73. The van der Waals surface area contributed by atoms with Gasteiger partial charge in [0.25, 0.3) is 0 Å². The van der Waals surface area contributed by atoms with Crippen LogP contribution in [0.15, 0.2) is 36.8 Å². The molecule has 1 heterocycles. The average molecular weight is 369 g/mol. The SMILES string of the molecule is Cl.Cn1cnc(CNC2CCCC(CN)(c3cccc(Cl)c3)C2)c1. The van der Waals surface area contributed by atoms with Gasteiger partial charge in [0.2, 0.25) is 0 Å². The molecular weight excluding hydrogens is 343 g/mol. The zero-order valence-electron chi connectivity index (χ0n) is 14.0. The van der Waals surface area contributed by atoms with Crippen LogP contribution in [0, 0.1) is 0 Å². The zero-order valence-corrected chi connectivity index (χ0v) is 15.6. The molecule has 2 atom stereocenters. The molecule has 0 radical (unpaired) electrons. The summed E-state index contributed by atoms with van der Waals surface area (Å²) in [7, 11) is 2.00. The van der Waals surface area contributed by atoms with Gasteiger partial charge in [-0.05, 0) is 37.0 Å². The quantitative estimate of drug-likeness (QED) is 0.849. The van der Waals surface area contributed by atoms with Crippen LogP contribution in [0.1, 0.15) is 36.9 Å². The predicted octanol–water partition coefficient (Wildman–Crippen LogP) is 3.42. The minimum absolute atomic E-state index is 0. The fourth-order valence-corrected chi connectivity index (χ4v) is 3.92. The first kappa shape index (κ1) is 19.3. The number of halogens is 2. The minimum atomic E-state index is 0. The summed E-state index contributed by atoms with van der Waals surface area (Å²) in [6, 6.07) is 8.66. The average Bonchev–Trinajstić information content (AvgIpc) is 2.98. The molecule has 0 bridgehead atoms. The standard InChI is InChI=1S/C18H25ClN4.ClH/c1-23-11-17(22-13-23)10-21-16-6-3-7-18(9-16,12-20)14-4-2-5-15(19)8-14;/h2,4-5,8,11,13,16,21H,3,6-7,9-10,12,20H2,1H3;1H. The number of aromatic nitrogens is 2. The van der Waals surface area contributed by atoms with Crippen LogP contribution in [0.4, 0.5) is 0 Å². The Morgan fingerprint density at radius 1 is 1.46 bits per heavy atom. The van der Waals surface area contributed by atoms with Crippen molar-refractivity contribution in [3.63, 3.8) is 0 Å². The number of benzene rings is 1. The van der Waals surface area contributed by atoms with Crippen LogP contribution in [0.3, 0.4) is 0 Å². The van der Waals surface area contributed by atoms with Crippen molar-refractivity contribution in [3.8, 4) is 0 Å². The van der Waals surface area contributed by atoms with Crippen molar-refractivity contribution in [2.24, 2.45) is 12.8 Å². The number of nitrogens with zero attached hydrogens (tertiary/aromatic N) is 2. The molecule has 2 unspecified atom stereocenters. The number of hydrogen-bond acceptors (Lipinski definition) is 3. The summed E-state index contributed by atoms with van der Waals surface area (Å²) in [4.78, 5) is 4.38. The third-order valence-electron chi connectivity index (χ3n) is 5.00. The van der Waals surface area contributed by atoms with Crippen LogP contribution in [-0.4, -0.2) is 22.1 Å². The van der Waals surface area contributed by atoms with E-state index >= 15 is 0 Å². The second kappa shape index (κ2) is 8.34. The summed E-state index contributed by atoms with van der Waals surface area (Å²) in [6.07, 6.45) is 8.46. The van der Waals surface area contributed by atoms with Crippen LogP contribution < -0.4 is 11.1 Å². The second-order valence-electron chi connectivity index (χ2n) is 6.70. The van der Waals surface area contributed by atoms with Gasteiger partial charge in [0.15, 0.2) is 0 Å². The van der Waals surface area contributed by atoms with Crippen LogP contribution >= 0.6 is 24.0 Å². The molecule has 2 aromatic rings. The van der Waals surface area contributed by atoms with Gasteiger partial charge in [0.05, 0.1) is 12.0 Å². The molecule has 0 amide bonds. The third kappa shape index (κ3) is 4.31.